The van der Waals surface area contributed by atoms with E-state index in [2.05, 4.69) is 11.9 Å². The van der Waals surface area contributed by atoms with Crippen LogP contribution in [0.5, 0.6) is 0 Å². The smallest absolute Gasteiger partial charge is 0.136 e. The molecule has 1 heterocycles. The summed E-state index contributed by atoms with van der Waals surface area (Å²) < 4.78 is 29.0. The molecule has 25 heavy (non-hydrogen) atoms. The van der Waals surface area contributed by atoms with Crippen molar-refractivity contribution in [1.82, 2.24) is 9.55 Å². The number of aromatic nitrogens is 2. The third kappa shape index (κ3) is 4.92. The molecule has 3 aromatic rings. The zero-order valence-corrected chi connectivity index (χ0v) is 14.8. The second-order valence-electron chi connectivity index (χ2n) is 6.34. The SMILES string of the molecule is CC(CCc1ccc(F)cc1)(Cn1ccnc1)Sc1ccccc1F. The number of nitrogens with zero attached hydrogens (tertiary/aromatic N) is 2. The van der Waals surface area contributed by atoms with E-state index >= 15 is 0 Å². The number of rotatable bonds is 7. The summed E-state index contributed by atoms with van der Waals surface area (Å²) in [6.45, 7) is 2.85. The predicted octanol–water partition coefficient (Wildman–Crippen LogP) is 5.35. The van der Waals surface area contributed by atoms with Crippen LogP contribution >= 0.6 is 11.8 Å². The van der Waals surface area contributed by atoms with E-state index in [4.69, 9.17) is 0 Å². The van der Waals surface area contributed by atoms with E-state index < -0.39 is 0 Å². The second-order valence-corrected chi connectivity index (χ2v) is 7.97. The Labute approximate surface area is 150 Å². The fraction of sp³-hybridized carbons (Fsp3) is 0.250. The van der Waals surface area contributed by atoms with E-state index in [1.807, 2.05) is 22.9 Å². The van der Waals surface area contributed by atoms with Gasteiger partial charge in [0.05, 0.1) is 6.33 Å². The van der Waals surface area contributed by atoms with Gasteiger partial charge in [-0.2, -0.15) is 0 Å². The van der Waals surface area contributed by atoms with Gasteiger partial charge in [-0.25, -0.2) is 13.8 Å². The Morgan fingerprint density at radius 3 is 2.52 bits per heavy atom. The van der Waals surface area contributed by atoms with Gasteiger partial charge in [-0.3, -0.25) is 0 Å². The topological polar surface area (TPSA) is 17.8 Å². The number of imidazole rings is 1. The molecule has 1 aromatic heterocycles. The third-order valence-corrected chi connectivity index (χ3v) is 5.50. The first-order valence-corrected chi connectivity index (χ1v) is 8.99. The monoisotopic (exact) mass is 358 g/mol. The molecule has 1 atom stereocenters. The molecular weight excluding hydrogens is 338 g/mol. The van der Waals surface area contributed by atoms with Gasteiger partial charge < -0.3 is 4.57 Å². The largest absolute Gasteiger partial charge is 0.336 e. The van der Waals surface area contributed by atoms with Crippen LogP contribution in [-0.4, -0.2) is 14.3 Å². The minimum atomic E-state index is -0.231. The van der Waals surface area contributed by atoms with Crippen molar-refractivity contribution in [3.8, 4) is 0 Å². The molecule has 0 aliphatic heterocycles. The maximum atomic E-state index is 14.1. The molecule has 0 spiro atoms. The molecular formula is C20H20F2N2S. The number of benzene rings is 2. The van der Waals surface area contributed by atoms with Gasteiger partial charge in [0.2, 0.25) is 0 Å². The molecule has 0 fully saturated rings. The van der Waals surface area contributed by atoms with Crippen LogP contribution in [0, 0.1) is 11.6 Å². The van der Waals surface area contributed by atoms with E-state index in [0.717, 1.165) is 18.4 Å². The van der Waals surface area contributed by atoms with Crippen LogP contribution < -0.4 is 0 Å². The second kappa shape index (κ2) is 7.83. The lowest BCUT2D eigenvalue weighted by Crippen LogP contribution is -2.27. The van der Waals surface area contributed by atoms with Crippen LogP contribution in [0.1, 0.15) is 18.9 Å². The first-order valence-electron chi connectivity index (χ1n) is 8.18. The maximum absolute atomic E-state index is 14.1. The van der Waals surface area contributed by atoms with E-state index in [9.17, 15) is 8.78 Å². The first-order chi connectivity index (χ1) is 12.0. The highest BCUT2D eigenvalue weighted by atomic mass is 32.2. The summed E-state index contributed by atoms with van der Waals surface area (Å²) in [5.74, 6) is -0.434. The summed E-state index contributed by atoms with van der Waals surface area (Å²) in [7, 11) is 0. The Balaban J connectivity index is 1.78. The van der Waals surface area contributed by atoms with Crippen LogP contribution in [-0.2, 0) is 13.0 Å². The Morgan fingerprint density at radius 1 is 1.08 bits per heavy atom. The standard InChI is InChI=1S/C20H20F2N2S/c1-20(14-24-13-12-23-15-24,25-19-5-3-2-4-18(19)22)11-10-16-6-8-17(21)9-7-16/h2-9,12-13,15H,10-11,14H2,1H3. The van der Waals surface area contributed by atoms with Gasteiger partial charge in [0.15, 0.2) is 0 Å². The molecule has 0 saturated heterocycles. The average Bonchev–Trinajstić information content (AvgIpc) is 3.09. The van der Waals surface area contributed by atoms with Gasteiger partial charge in [0.1, 0.15) is 11.6 Å². The molecule has 0 N–H and O–H groups in total. The molecule has 0 aliphatic rings. The molecule has 0 radical (unpaired) electrons. The minimum absolute atomic E-state index is 0.203. The Kier molecular flexibility index (Phi) is 5.53. The van der Waals surface area contributed by atoms with E-state index in [0.29, 0.717) is 11.4 Å². The number of thioether (sulfide) groups is 1. The van der Waals surface area contributed by atoms with Gasteiger partial charge in [-0.05, 0) is 49.6 Å². The number of aryl methyl sites for hydroxylation is 1. The number of halogens is 2. The lowest BCUT2D eigenvalue weighted by Gasteiger charge is -2.30. The van der Waals surface area contributed by atoms with Crippen molar-refractivity contribution in [2.24, 2.45) is 0 Å². The fourth-order valence-corrected chi connectivity index (χ4v) is 4.04. The normalized spacial score (nSPS) is 13.6. The Morgan fingerprint density at radius 2 is 1.84 bits per heavy atom. The minimum Gasteiger partial charge on any atom is -0.336 e. The van der Waals surface area contributed by atoms with E-state index in [1.165, 1.54) is 18.2 Å². The number of hydrogen-bond donors (Lipinski definition) is 0. The molecule has 130 valence electrons. The quantitative estimate of drug-likeness (QED) is 0.530. The zero-order valence-electron chi connectivity index (χ0n) is 14.0. The van der Waals surface area contributed by atoms with E-state index in [1.54, 1.807) is 42.5 Å². The molecule has 3 rings (SSSR count). The molecule has 2 nitrogen and oxygen atoms in total. The highest BCUT2D eigenvalue weighted by molar-refractivity contribution is 8.00. The summed E-state index contributed by atoms with van der Waals surface area (Å²) in [6.07, 6.45) is 7.06. The first kappa shape index (κ1) is 17.7. The Hall–Kier alpha value is -2.14. The van der Waals surface area contributed by atoms with Crippen molar-refractivity contribution in [3.05, 3.63) is 84.4 Å². The number of hydrogen-bond acceptors (Lipinski definition) is 2. The highest BCUT2D eigenvalue weighted by Gasteiger charge is 2.27. The lowest BCUT2D eigenvalue weighted by atomic mass is 10.00. The van der Waals surface area contributed by atoms with Crippen molar-refractivity contribution in [2.75, 3.05) is 0 Å². The van der Waals surface area contributed by atoms with Crippen molar-refractivity contribution >= 4 is 11.8 Å². The van der Waals surface area contributed by atoms with E-state index in [-0.39, 0.29) is 16.4 Å². The molecule has 0 amide bonds. The van der Waals surface area contributed by atoms with Crippen LogP contribution in [0.4, 0.5) is 8.78 Å². The van der Waals surface area contributed by atoms with Crippen molar-refractivity contribution in [3.63, 3.8) is 0 Å². The third-order valence-electron chi connectivity index (χ3n) is 4.13. The maximum Gasteiger partial charge on any atom is 0.136 e. The summed E-state index contributed by atoms with van der Waals surface area (Å²) in [6, 6.07) is 13.4. The zero-order chi connectivity index (χ0) is 17.7. The summed E-state index contributed by atoms with van der Waals surface area (Å²) in [5.41, 5.74) is 1.08. The molecule has 0 saturated carbocycles. The van der Waals surface area contributed by atoms with Gasteiger partial charge in [-0.15, -0.1) is 11.8 Å². The lowest BCUT2D eigenvalue weighted by molar-refractivity contribution is 0.493. The van der Waals surface area contributed by atoms with Crippen LogP contribution in [0.25, 0.3) is 0 Å². The molecule has 0 bridgehead atoms. The van der Waals surface area contributed by atoms with Crippen molar-refractivity contribution in [2.45, 2.75) is 36.0 Å². The Bertz CT molecular complexity index is 803. The highest BCUT2D eigenvalue weighted by Crippen LogP contribution is 2.39. The van der Waals surface area contributed by atoms with Gasteiger partial charge in [0, 0.05) is 28.6 Å². The average molecular weight is 358 g/mol. The van der Waals surface area contributed by atoms with Crippen LogP contribution in [0.15, 0.2) is 72.1 Å². The van der Waals surface area contributed by atoms with Crippen LogP contribution in [0.3, 0.4) is 0 Å². The summed E-state index contributed by atoms with van der Waals surface area (Å²) >= 11 is 1.54. The summed E-state index contributed by atoms with van der Waals surface area (Å²) in [4.78, 5) is 4.74. The predicted molar refractivity (Wildman–Crippen MR) is 97.6 cm³/mol. The van der Waals surface area contributed by atoms with Crippen LogP contribution in [0.2, 0.25) is 0 Å². The molecule has 0 aliphatic carbocycles. The molecule has 1 unspecified atom stereocenters. The van der Waals surface area contributed by atoms with Gasteiger partial charge in [0.25, 0.3) is 0 Å². The fourth-order valence-electron chi connectivity index (χ4n) is 2.78. The molecule has 5 heteroatoms. The van der Waals surface area contributed by atoms with Gasteiger partial charge >= 0.3 is 0 Å². The summed E-state index contributed by atoms with van der Waals surface area (Å²) in [5, 5.41) is 0. The van der Waals surface area contributed by atoms with Crippen molar-refractivity contribution < 1.29 is 8.78 Å². The van der Waals surface area contributed by atoms with Gasteiger partial charge in [-0.1, -0.05) is 24.3 Å². The van der Waals surface area contributed by atoms with Crippen molar-refractivity contribution in [1.29, 1.82) is 0 Å². The molecule has 2 aromatic carbocycles.